The Bertz CT molecular complexity index is 594. The standard InChI is InChI=1S/C15H17N3O2/c1-2-12(18-10-6-9-13(18)19)15-16-14(17-20-15)11-7-4-3-5-8-11/h3-5,7-8,12H,2,6,9-10H2,1H3. The van der Waals surface area contributed by atoms with Gasteiger partial charge in [-0.15, -0.1) is 0 Å². The van der Waals surface area contributed by atoms with Crippen LogP contribution in [0.1, 0.15) is 38.1 Å². The first-order chi connectivity index (χ1) is 9.79. The van der Waals surface area contributed by atoms with E-state index in [2.05, 4.69) is 10.1 Å². The molecule has 0 aliphatic carbocycles. The van der Waals surface area contributed by atoms with Crippen LogP contribution in [0.2, 0.25) is 0 Å². The zero-order valence-corrected chi connectivity index (χ0v) is 11.5. The normalized spacial score (nSPS) is 16.6. The Labute approximate surface area is 117 Å². The second-order valence-corrected chi connectivity index (χ2v) is 4.94. The average molecular weight is 271 g/mol. The molecule has 1 fully saturated rings. The summed E-state index contributed by atoms with van der Waals surface area (Å²) >= 11 is 0. The highest BCUT2D eigenvalue weighted by Crippen LogP contribution is 2.28. The molecule has 0 saturated carbocycles. The largest absolute Gasteiger partial charge is 0.337 e. The molecule has 1 aliphatic rings. The summed E-state index contributed by atoms with van der Waals surface area (Å²) in [5.74, 6) is 1.28. The first-order valence-corrected chi connectivity index (χ1v) is 6.98. The van der Waals surface area contributed by atoms with Crippen LogP contribution in [0, 0.1) is 0 Å². The fraction of sp³-hybridized carbons (Fsp3) is 0.400. The van der Waals surface area contributed by atoms with Crippen molar-refractivity contribution in [2.75, 3.05) is 6.54 Å². The molecule has 5 heteroatoms. The van der Waals surface area contributed by atoms with Crippen LogP contribution in [0.4, 0.5) is 0 Å². The van der Waals surface area contributed by atoms with Gasteiger partial charge in [-0.3, -0.25) is 4.79 Å². The lowest BCUT2D eigenvalue weighted by atomic mass is 10.2. The molecule has 2 heterocycles. The van der Waals surface area contributed by atoms with Gasteiger partial charge in [-0.25, -0.2) is 0 Å². The van der Waals surface area contributed by atoms with Gasteiger partial charge >= 0.3 is 0 Å². The predicted molar refractivity (Wildman–Crippen MR) is 73.7 cm³/mol. The summed E-state index contributed by atoms with van der Waals surface area (Å²) < 4.78 is 5.38. The van der Waals surface area contributed by atoms with Crippen molar-refractivity contribution in [3.8, 4) is 11.4 Å². The van der Waals surface area contributed by atoms with Crippen LogP contribution in [0.3, 0.4) is 0 Å². The van der Waals surface area contributed by atoms with Gasteiger partial charge in [-0.2, -0.15) is 4.98 Å². The monoisotopic (exact) mass is 271 g/mol. The van der Waals surface area contributed by atoms with E-state index in [9.17, 15) is 4.79 Å². The van der Waals surface area contributed by atoms with Gasteiger partial charge in [0.1, 0.15) is 6.04 Å². The second-order valence-electron chi connectivity index (χ2n) is 4.94. The van der Waals surface area contributed by atoms with Crippen LogP contribution in [-0.2, 0) is 4.79 Å². The van der Waals surface area contributed by atoms with Crippen LogP contribution in [-0.4, -0.2) is 27.5 Å². The third kappa shape index (κ3) is 2.31. The molecule has 5 nitrogen and oxygen atoms in total. The molecule has 1 aromatic heterocycles. The summed E-state index contributed by atoms with van der Waals surface area (Å²) in [4.78, 5) is 18.2. The summed E-state index contributed by atoms with van der Waals surface area (Å²) in [6.45, 7) is 2.81. The van der Waals surface area contributed by atoms with Crippen molar-refractivity contribution in [1.82, 2.24) is 15.0 Å². The van der Waals surface area contributed by atoms with Crippen LogP contribution >= 0.6 is 0 Å². The molecule has 3 rings (SSSR count). The highest BCUT2D eigenvalue weighted by molar-refractivity contribution is 5.78. The van der Waals surface area contributed by atoms with Crippen LogP contribution in [0.5, 0.6) is 0 Å². The number of likely N-dealkylation sites (tertiary alicyclic amines) is 1. The van der Waals surface area contributed by atoms with Gasteiger partial charge < -0.3 is 9.42 Å². The fourth-order valence-electron chi connectivity index (χ4n) is 2.60. The number of aromatic nitrogens is 2. The fourth-order valence-corrected chi connectivity index (χ4v) is 2.60. The van der Waals surface area contributed by atoms with E-state index in [1.807, 2.05) is 42.2 Å². The van der Waals surface area contributed by atoms with Gasteiger partial charge in [0.05, 0.1) is 0 Å². The predicted octanol–water partition coefficient (Wildman–Crippen LogP) is 2.81. The minimum absolute atomic E-state index is 0.102. The lowest BCUT2D eigenvalue weighted by Crippen LogP contribution is -2.29. The Balaban J connectivity index is 1.86. The Morgan fingerprint density at radius 1 is 1.35 bits per heavy atom. The number of carbonyl (C=O) groups is 1. The molecule has 1 aliphatic heterocycles. The van der Waals surface area contributed by atoms with E-state index >= 15 is 0 Å². The van der Waals surface area contributed by atoms with E-state index in [-0.39, 0.29) is 11.9 Å². The molecule has 20 heavy (non-hydrogen) atoms. The summed E-state index contributed by atoms with van der Waals surface area (Å²) in [7, 11) is 0. The molecule has 1 unspecified atom stereocenters. The number of amides is 1. The summed E-state index contributed by atoms with van der Waals surface area (Å²) in [6, 6.07) is 9.60. The lowest BCUT2D eigenvalue weighted by molar-refractivity contribution is -0.130. The molecule has 1 atom stereocenters. The Kier molecular flexibility index (Phi) is 3.50. The summed E-state index contributed by atoms with van der Waals surface area (Å²) in [5.41, 5.74) is 0.921. The van der Waals surface area contributed by atoms with Crippen molar-refractivity contribution in [2.24, 2.45) is 0 Å². The highest BCUT2D eigenvalue weighted by Gasteiger charge is 2.31. The molecule has 104 valence electrons. The number of carbonyl (C=O) groups excluding carboxylic acids is 1. The van der Waals surface area contributed by atoms with E-state index in [4.69, 9.17) is 4.52 Å². The third-order valence-corrected chi connectivity index (χ3v) is 3.63. The molecule has 0 N–H and O–H groups in total. The van der Waals surface area contributed by atoms with Crippen LogP contribution < -0.4 is 0 Å². The van der Waals surface area contributed by atoms with Gasteiger partial charge in [-0.05, 0) is 12.8 Å². The SMILES string of the molecule is CCC(c1nc(-c2ccccc2)no1)N1CCCC1=O. The summed E-state index contributed by atoms with van der Waals surface area (Å²) in [6.07, 6.45) is 2.31. The van der Waals surface area contributed by atoms with Gasteiger partial charge in [0.25, 0.3) is 0 Å². The third-order valence-electron chi connectivity index (χ3n) is 3.63. The zero-order valence-electron chi connectivity index (χ0n) is 11.5. The van der Waals surface area contributed by atoms with E-state index < -0.39 is 0 Å². The van der Waals surface area contributed by atoms with Crippen molar-refractivity contribution in [1.29, 1.82) is 0 Å². The maximum absolute atomic E-state index is 11.9. The smallest absolute Gasteiger partial charge is 0.249 e. The molecule has 1 aromatic carbocycles. The number of hydrogen-bond acceptors (Lipinski definition) is 4. The van der Waals surface area contributed by atoms with Gasteiger partial charge in [0.15, 0.2) is 0 Å². The minimum Gasteiger partial charge on any atom is -0.337 e. The maximum Gasteiger partial charge on any atom is 0.249 e. The van der Waals surface area contributed by atoms with Gasteiger partial charge in [0.2, 0.25) is 17.6 Å². The van der Waals surface area contributed by atoms with Crippen molar-refractivity contribution in [3.05, 3.63) is 36.2 Å². The molecule has 0 bridgehead atoms. The van der Waals surface area contributed by atoms with E-state index in [0.717, 1.165) is 24.9 Å². The Morgan fingerprint density at radius 3 is 2.80 bits per heavy atom. The molecular weight excluding hydrogens is 254 g/mol. The molecule has 2 aromatic rings. The first kappa shape index (κ1) is 12.8. The second kappa shape index (κ2) is 5.45. The quantitative estimate of drug-likeness (QED) is 0.858. The highest BCUT2D eigenvalue weighted by atomic mass is 16.5. The van der Waals surface area contributed by atoms with Gasteiger partial charge in [-0.1, -0.05) is 42.4 Å². The lowest BCUT2D eigenvalue weighted by Gasteiger charge is -2.23. The van der Waals surface area contributed by atoms with Crippen molar-refractivity contribution < 1.29 is 9.32 Å². The number of rotatable bonds is 4. The summed E-state index contributed by atoms with van der Waals surface area (Å²) in [5, 5.41) is 4.03. The number of benzene rings is 1. The molecule has 1 saturated heterocycles. The van der Waals surface area contributed by atoms with Crippen molar-refractivity contribution in [3.63, 3.8) is 0 Å². The molecular formula is C15H17N3O2. The van der Waals surface area contributed by atoms with Crippen molar-refractivity contribution >= 4 is 5.91 Å². The number of hydrogen-bond donors (Lipinski definition) is 0. The number of nitrogens with zero attached hydrogens (tertiary/aromatic N) is 3. The van der Waals surface area contributed by atoms with Crippen LogP contribution in [0.15, 0.2) is 34.9 Å². The zero-order chi connectivity index (χ0) is 13.9. The van der Waals surface area contributed by atoms with E-state index in [0.29, 0.717) is 18.1 Å². The topological polar surface area (TPSA) is 59.2 Å². The first-order valence-electron chi connectivity index (χ1n) is 6.98. The molecule has 0 spiro atoms. The van der Waals surface area contributed by atoms with E-state index in [1.165, 1.54) is 0 Å². The maximum atomic E-state index is 11.9. The van der Waals surface area contributed by atoms with Crippen molar-refractivity contribution in [2.45, 2.75) is 32.2 Å². The van der Waals surface area contributed by atoms with Crippen LogP contribution in [0.25, 0.3) is 11.4 Å². The average Bonchev–Trinajstić information content (AvgIpc) is 3.12. The van der Waals surface area contributed by atoms with Gasteiger partial charge in [0, 0.05) is 18.5 Å². The Morgan fingerprint density at radius 2 is 2.15 bits per heavy atom. The molecule has 0 radical (unpaired) electrons. The Hall–Kier alpha value is -2.17. The van der Waals surface area contributed by atoms with E-state index in [1.54, 1.807) is 0 Å². The molecule has 1 amide bonds. The minimum atomic E-state index is -0.102.